The molecule has 0 aliphatic carbocycles. The SMILES string of the molecule is O=C(O)c1cc(Br)c2ncc(CNCc3ccoc3)n2c1. The van der Waals surface area contributed by atoms with Gasteiger partial charge < -0.3 is 19.2 Å². The van der Waals surface area contributed by atoms with Gasteiger partial charge in [-0.3, -0.25) is 0 Å². The number of aromatic carboxylic acids is 1. The van der Waals surface area contributed by atoms with Gasteiger partial charge in [-0.1, -0.05) is 0 Å². The third kappa shape index (κ3) is 2.84. The average molecular weight is 350 g/mol. The van der Waals surface area contributed by atoms with Crippen LogP contribution in [0.5, 0.6) is 0 Å². The molecule has 0 aromatic carbocycles. The number of imidazole rings is 1. The Morgan fingerprint density at radius 1 is 1.48 bits per heavy atom. The van der Waals surface area contributed by atoms with Crippen LogP contribution in [0.3, 0.4) is 0 Å². The summed E-state index contributed by atoms with van der Waals surface area (Å²) in [5.41, 5.74) is 2.84. The largest absolute Gasteiger partial charge is 0.478 e. The molecule has 0 unspecified atom stereocenters. The Morgan fingerprint density at radius 3 is 3.05 bits per heavy atom. The molecule has 21 heavy (non-hydrogen) atoms. The van der Waals surface area contributed by atoms with E-state index in [0.29, 0.717) is 23.2 Å². The van der Waals surface area contributed by atoms with Gasteiger partial charge in [0.25, 0.3) is 0 Å². The van der Waals surface area contributed by atoms with Gasteiger partial charge >= 0.3 is 5.97 Å². The molecule has 3 heterocycles. The molecule has 0 saturated carbocycles. The van der Waals surface area contributed by atoms with Gasteiger partial charge in [0.1, 0.15) is 0 Å². The predicted octanol–water partition coefficient (Wildman–Crippen LogP) is 2.68. The highest BCUT2D eigenvalue weighted by atomic mass is 79.9. The van der Waals surface area contributed by atoms with Gasteiger partial charge in [-0.15, -0.1) is 0 Å². The number of nitrogens with zero attached hydrogens (tertiary/aromatic N) is 2. The summed E-state index contributed by atoms with van der Waals surface area (Å²) in [5.74, 6) is -0.969. The van der Waals surface area contributed by atoms with Crippen molar-refractivity contribution in [1.29, 1.82) is 0 Å². The van der Waals surface area contributed by atoms with Crippen molar-refractivity contribution >= 4 is 27.5 Å². The quantitative estimate of drug-likeness (QED) is 0.740. The van der Waals surface area contributed by atoms with E-state index in [9.17, 15) is 4.79 Å². The minimum absolute atomic E-state index is 0.212. The number of pyridine rings is 1. The van der Waals surface area contributed by atoms with Gasteiger partial charge in [-0.25, -0.2) is 9.78 Å². The van der Waals surface area contributed by atoms with Gasteiger partial charge in [0.15, 0.2) is 5.65 Å². The Labute approximate surface area is 128 Å². The molecular weight excluding hydrogens is 338 g/mol. The van der Waals surface area contributed by atoms with Crippen LogP contribution in [0.4, 0.5) is 0 Å². The van der Waals surface area contributed by atoms with Crippen molar-refractivity contribution in [2.24, 2.45) is 0 Å². The summed E-state index contributed by atoms with van der Waals surface area (Å²) >= 11 is 3.35. The van der Waals surface area contributed by atoms with E-state index < -0.39 is 5.97 Å². The highest BCUT2D eigenvalue weighted by molar-refractivity contribution is 9.10. The summed E-state index contributed by atoms with van der Waals surface area (Å²) in [5, 5.41) is 12.4. The molecule has 0 fully saturated rings. The van der Waals surface area contributed by atoms with E-state index in [1.807, 2.05) is 6.07 Å². The second kappa shape index (κ2) is 5.71. The first-order valence-electron chi connectivity index (χ1n) is 6.25. The number of carboxylic acid groups (broad SMARTS) is 1. The molecule has 6 nitrogen and oxygen atoms in total. The lowest BCUT2D eigenvalue weighted by molar-refractivity contribution is 0.0696. The molecular formula is C14H12BrN3O3. The first-order chi connectivity index (χ1) is 10.1. The Morgan fingerprint density at radius 2 is 2.33 bits per heavy atom. The van der Waals surface area contributed by atoms with Crippen LogP contribution in [0.1, 0.15) is 21.6 Å². The number of hydrogen-bond donors (Lipinski definition) is 2. The van der Waals surface area contributed by atoms with Crippen molar-refractivity contribution in [2.75, 3.05) is 0 Å². The maximum absolute atomic E-state index is 11.1. The van der Waals surface area contributed by atoms with Crippen LogP contribution >= 0.6 is 15.9 Å². The second-order valence-corrected chi connectivity index (χ2v) is 5.41. The van der Waals surface area contributed by atoms with Gasteiger partial charge in [-0.05, 0) is 28.1 Å². The van der Waals surface area contributed by atoms with Crippen LogP contribution in [-0.4, -0.2) is 20.5 Å². The molecule has 7 heteroatoms. The second-order valence-electron chi connectivity index (χ2n) is 4.56. The normalized spacial score (nSPS) is 11.1. The lowest BCUT2D eigenvalue weighted by atomic mass is 10.3. The number of carbonyl (C=O) groups is 1. The Bertz CT molecular complexity index is 780. The summed E-state index contributed by atoms with van der Waals surface area (Å²) in [4.78, 5) is 15.4. The maximum atomic E-state index is 11.1. The Kier molecular flexibility index (Phi) is 3.76. The Balaban J connectivity index is 1.83. The molecule has 0 radical (unpaired) electrons. The van der Waals surface area contributed by atoms with Crippen molar-refractivity contribution in [3.8, 4) is 0 Å². The third-order valence-electron chi connectivity index (χ3n) is 3.10. The van der Waals surface area contributed by atoms with Crippen LogP contribution in [0.25, 0.3) is 5.65 Å². The summed E-state index contributed by atoms with van der Waals surface area (Å²) in [6.07, 6.45) is 6.61. The van der Waals surface area contributed by atoms with Crippen molar-refractivity contribution in [3.05, 3.63) is 58.3 Å². The highest BCUT2D eigenvalue weighted by Gasteiger charge is 2.11. The molecule has 0 aliphatic heterocycles. The molecule has 0 bridgehead atoms. The molecule has 0 atom stereocenters. The van der Waals surface area contributed by atoms with Gasteiger partial charge in [-0.2, -0.15) is 0 Å². The third-order valence-corrected chi connectivity index (χ3v) is 3.68. The zero-order chi connectivity index (χ0) is 14.8. The van der Waals surface area contributed by atoms with Crippen molar-refractivity contribution < 1.29 is 14.3 Å². The first-order valence-corrected chi connectivity index (χ1v) is 7.05. The van der Waals surface area contributed by atoms with E-state index in [-0.39, 0.29) is 5.56 Å². The number of fused-ring (bicyclic) bond motifs is 1. The Hall–Kier alpha value is -2.12. The first kappa shape index (κ1) is 13.8. The van der Waals surface area contributed by atoms with Crippen molar-refractivity contribution in [2.45, 2.75) is 13.1 Å². The number of furan rings is 1. The number of halogens is 1. The van der Waals surface area contributed by atoms with Crippen LogP contribution in [0, 0.1) is 0 Å². The van der Waals surface area contributed by atoms with E-state index in [2.05, 4.69) is 26.2 Å². The maximum Gasteiger partial charge on any atom is 0.337 e. The molecule has 3 aromatic heterocycles. The molecule has 3 rings (SSSR count). The monoisotopic (exact) mass is 349 g/mol. The van der Waals surface area contributed by atoms with Gasteiger partial charge in [0, 0.05) is 24.8 Å². The lowest BCUT2D eigenvalue weighted by Gasteiger charge is -2.05. The summed E-state index contributed by atoms with van der Waals surface area (Å²) < 4.78 is 7.43. The van der Waals surface area contributed by atoms with E-state index in [1.54, 1.807) is 35.4 Å². The van der Waals surface area contributed by atoms with Crippen LogP contribution in [-0.2, 0) is 13.1 Å². The fourth-order valence-corrected chi connectivity index (χ4v) is 2.61. The van der Waals surface area contributed by atoms with Crippen LogP contribution < -0.4 is 5.32 Å². The molecule has 0 aliphatic rings. The number of hydrogen-bond acceptors (Lipinski definition) is 4. The van der Waals surface area contributed by atoms with Crippen LogP contribution in [0.15, 0.2) is 45.9 Å². The minimum atomic E-state index is -0.969. The van der Waals surface area contributed by atoms with Crippen LogP contribution in [0.2, 0.25) is 0 Å². The molecule has 0 amide bonds. The van der Waals surface area contributed by atoms with E-state index >= 15 is 0 Å². The molecule has 3 aromatic rings. The van der Waals surface area contributed by atoms with Crippen molar-refractivity contribution in [1.82, 2.24) is 14.7 Å². The number of rotatable bonds is 5. The topological polar surface area (TPSA) is 79.8 Å². The molecule has 2 N–H and O–H groups in total. The number of aromatic nitrogens is 2. The fraction of sp³-hybridized carbons (Fsp3) is 0.143. The number of carboxylic acids is 1. The lowest BCUT2D eigenvalue weighted by Crippen LogP contribution is -2.14. The summed E-state index contributed by atoms with van der Waals surface area (Å²) in [7, 11) is 0. The molecule has 0 spiro atoms. The zero-order valence-corrected chi connectivity index (χ0v) is 12.5. The fourth-order valence-electron chi connectivity index (χ4n) is 2.07. The smallest absolute Gasteiger partial charge is 0.337 e. The molecule has 0 saturated heterocycles. The van der Waals surface area contributed by atoms with E-state index in [1.165, 1.54) is 0 Å². The minimum Gasteiger partial charge on any atom is -0.478 e. The van der Waals surface area contributed by atoms with E-state index in [4.69, 9.17) is 9.52 Å². The molecule has 108 valence electrons. The van der Waals surface area contributed by atoms with E-state index in [0.717, 1.165) is 11.3 Å². The summed E-state index contributed by atoms with van der Waals surface area (Å²) in [6, 6.07) is 3.44. The highest BCUT2D eigenvalue weighted by Crippen LogP contribution is 2.20. The standard InChI is InChI=1S/C14H12BrN3O3/c15-12-3-10(14(19)20)7-18-11(6-17-13(12)18)5-16-4-9-1-2-21-8-9/h1-3,6-8,16H,4-5H2,(H,19,20). The zero-order valence-electron chi connectivity index (χ0n) is 10.9. The predicted molar refractivity (Wildman–Crippen MR) is 79.1 cm³/mol. The van der Waals surface area contributed by atoms with Crippen molar-refractivity contribution in [3.63, 3.8) is 0 Å². The number of nitrogens with one attached hydrogen (secondary N) is 1. The average Bonchev–Trinajstić information content (AvgIpc) is 3.09. The van der Waals surface area contributed by atoms with Gasteiger partial charge in [0.05, 0.1) is 34.5 Å². The summed E-state index contributed by atoms with van der Waals surface area (Å²) in [6.45, 7) is 1.24. The van der Waals surface area contributed by atoms with Gasteiger partial charge in [0.2, 0.25) is 0 Å².